The molecule has 0 aliphatic carbocycles. The van der Waals surface area contributed by atoms with Gasteiger partial charge in [-0.2, -0.15) is 0 Å². The fraction of sp³-hybridized carbons (Fsp3) is 0.333. The molecule has 0 aliphatic rings. The molecule has 0 aliphatic heterocycles. The number of hydrogen-bond acceptors (Lipinski definition) is 4. The van der Waals surface area contributed by atoms with E-state index in [0.29, 0.717) is 11.3 Å². The molecular formula is C21H27N3O3. The van der Waals surface area contributed by atoms with Crippen LogP contribution >= 0.6 is 0 Å². The van der Waals surface area contributed by atoms with Crippen molar-refractivity contribution in [3.63, 3.8) is 0 Å². The van der Waals surface area contributed by atoms with Crippen LogP contribution in [-0.4, -0.2) is 32.5 Å². The zero-order valence-electron chi connectivity index (χ0n) is 16.5. The van der Waals surface area contributed by atoms with Crippen LogP contribution in [0.3, 0.4) is 0 Å². The lowest BCUT2D eigenvalue weighted by atomic mass is 9.86. The third kappa shape index (κ3) is 5.74. The van der Waals surface area contributed by atoms with E-state index < -0.39 is 5.91 Å². The van der Waals surface area contributed by atoms with Crippen molar-refractivity contribution in [3.05, 3.63) is 59.7 Å². The minimum absolute atomic E-state index is 0.0985. The van der Waals surface area contributed by atoms with E-state index in [1.165, 1.54) is 0 Å². The summed E-state index contributed by atoms with van der Waals surface area (Å²) in [5.41, 5.74) is 7.07. The first-order chi connectivity index (χ1) is 12.7. The number of carbonyl (C=O) groups is 2. The van der Waals surface area contributed by atoms with E-state index in [1.54, 1.807) is 18.2 Å². The molecule has 2 N–H and O–H groups in total. The second kappa shape index (κ2) is 8.58. The summed E-state index contributed by atoms with van der Waals surface area (Å²) < 4.78 is 5.64. The summed E-state index contributed by atoms with van der Waals surface area (Å²) in [6.07, 6.45) is 0. The maximum atomic E-state index is 12.2. The van der Waals surface area contributed by atoms with Crippen LogP contribution in [0, 0.1) is 0 Å². The van der Waals surface area contributed by atoms with E-state index in [4.69, 9.17) is 4.74 Å². The molecule has 0 radical (unpaired) electrons. The molecular weight excluding hydrogens is 342 g/mol. The van der Waals surface area contributed by atoms with Gasteiger partial charge in [0.05, 0.1) is 0 Å². The molecule has 6 nitrogen and oxygen atoms in total. The summed E-state index contributed by atoms with van der Waals surface area (Å²) in [7, 11) is 3.79. The Hall–Kier alpha value is -3.02. The molecule has 0 heterocycles. The van der Waals surface area contributed by atoms with Crippen molar-refractivity contribution >= 4 is 17.5 Å². The Morgan fingerprint density at radius 2 is 1.70 bits per heavy atom. The molecule has 0 aromatic heterocycles. The maximum absolute atomic E-state index is 12.2. The Labute approximate surface area is 160 Å². The van der Waals surface area contributed by atoms with E-state index in [-0.39, 0.29) is 17.9 Å². The standard InChI is InChI=1S/C21H27N3O3/c1-21(2,3)17-11-6-7-12-18(17)27-14-19(25)22-23-20(26)15-9-8-10-16(13-15)24(4)5/h6-13H,14H2,1-5H3,(H,22,25)(H,23,26). The van der Waals surface area contributed by atoms with E-state index >= 15 is 0 Å². The van der Waals surface area contributed by atoms with Gasteiger partial charge in [0.15, 0.2) is 6.61 Å². The SMILES string of the molecule is CN(C)c1cccc(C(=O)NNC(=O)COc2ccccc2C(C)(C)C)c1. The molecule has 0 saturated carbocycles. The fourth-order valence-corrected chi connectivity index (χ4v) is 2.52. The van der Waals surface area contributed by atoms with Gasteiger partial charge in [-0.3, -0.25) is 20.4 Å². The first-order valence-electron chi connectivity index (χ1n) is 8.77. The summed E-state index contributed by atoms with van der Waals surface area (Å²) in [5, 5.41) is 0. The average molecular weight is 369 g/mol. The zero-order valence-corrected chi connectivity index (χ0v) is 16.5. The Morgan fingerprint density at radius 1 is 1.00 bits per heavy atom. The number of nitrogens with one attached hydrogen (secondary N) is 2. The first kappa shape index (κ1) is 20.3. The molecule has 6 heteroatoms. The smallest absolute Gasteiger partial charge is 0.276 e. The van der Waals surface area contributed by atoms with Crippen LogP contribution < -0.4 is 20.5 Å². The van der Waals surface area contributed by atoms with Gasteiger partial charge in [-0.05, 0) is 35.2 Å². The lowest BCUT2D eigenvalue weighted by Crippen LogP contribution is -2.43. The Bertz CT molecular complexity index is 810. The molecule has 0 unspecified atom stereocenters. The van der Waals surface area contributed by atoms with Crippen LogP contribution in [0.4, 0.5) is 5.69 Å². The summed E-state index contributed by atoms with van der Waals surface area (Å²) in [4.78, 5) is 26.1. The summed E-state index contributed by atoms with van der Waals surface area (Å²) in [6, 6.07) is 14.7. The Balaban J connectivity index is 1.90. The minimum Gasteiger partial charge on any atom is -0.483 e. The van der Waals surface area contributed by atoms with E-state index in [9.17, 15) is 9.59 Å². The molecule has 0 saturated heterocycles. The molecule has 2 aromatic carbocycles. The van der Waals surface area contributed by atoms with Gasteiger partial charge in [0.25, 0.3) is 11.8 Å². The van der Waals surface area contributed by atoms with E-state index in [0.717, 1.165) is 11.3 Å². The first-order valence-corrected chi connectivity index (χ1v) is 8.77. The van der Waals surface area contributed by atoms with Crippen molar-refractivity contribution in [3.8, 4) is 5.75 Å². The molecule has 144 valence electrons. The largest absolute Gasteiger partial charge is 0.483 e. The third-order valence-corrected chi connectivity index (χ3v) is 3.99. The van der Waals surface area contributed by atoms with Crippen molar-refractivity contribution in [2.75, 3.05) is 25.6 Å². The summed E-state index contributed by atoms with van der Waals surface area (Å²) in [6.45, 7) is 6.05. The molecule has 2 rings (SSSR count). The number of carbonyl (C=O) groups excluding carboxylic acids is 2. The molecule has 0 fully saturated rings. The lowest BCUT2D eigenvalue weighted by Gasteiger charge is -2.22. The normalized spacial score (nSPS) is 10.9. The number of para-hydroxylation sites is 1. The van der Waals surface area contributed by atoms with Gasteiger partial charge in [0, 0.05) is 25.3 Å². The predicted molar refractivity (Wildman–Crippen MR) is 107 cm³/mol. The average Bonchev–Trinajstić information content (AvgIpc) is 2.64. The number of ether oxygens (including phenoxy) is 1. The van der Waals surface area contributed by atoms with Crippen LogP contribution in [0.15, 0.2) is 48.5 Å². The van der Waals surface area contributed by atoms with Gasteiger partial charge >= 0.3 is 0 Å². The molecule has 0 spiro atoms. The molecule has 2 aromatic rings. The minimum atomic E-state index is -0.434. The number of hydrazine groups is 1. The van der Waals surface area contributed by atoms with Gasteiger partial charge in [-0.25, -0.2) is 0 Å². The summed E-state index contributed by atoms with van der Waals surface area (Å²) in [5.74, 6) is -0.164. The van der Waals surface area contributed by atoms with Crippen molar-refractivity contribution in [2.45, 2.75) is 26.2 Å². The van der Waals surface area contributed by atoms with Gasteiger partial charge < -0.3 is 9.64 Å². The van der Waals surface area contributed by atoms with Gasteiger partial charge in [0.2, 0.25) is 0 Å². The van der Waals surface area contributed by atoms with Crippen LogP contribution in [0.5, 0.6) is 5.75 Å². The maximum Gasteiger partial charge on any atom is 0.276 e. The fourth-order valence-electron chi connectivity index (χ4n) is 2.52. The van der Waals surface area contributed by atoms with Crippen LogP contribution in [-0.2, 0) is 10.2 Å². The van der Waals surface area contributed by atoms with Gasteiger partial charge in [-0.1, -0.05) is 45.0 Å². The van der Waals surface area contributed by atoms with Crippen molar-refractivity contribution < 1.29 is 14.3 Å². The number of hydrogen-bond donors (Lipinski definition) is 2. The number of nitrogens with zero attached hydrogens (tertiary/aromatic N) is 1. The highest BCUT2D eigenvalue weighted by Gasteiger charge is 2.19. The number of amides is 2. The number of anilines is 1. The zero-order chi connectivity index (χ0) is 20.0. The van der Waals surface area contributed by atoms with Gasteiger partial charge in [-0.15, -0.1) is 0 Å². The molecule has 27 heavy (non-hydrogen) atoms. The van der Waals surface area contributed by atoms with Gasteiger partial charge in [0.1, 0.15) is 5.75 Å². The number of benzene rings is 2. The molecule has 2 amide bonds. The Morgan fingerprint density at radius 3 is 2.37 bits per heavy atom. The van der Waals surface area contributed by atoms with Crippen molar-refractivity contribution in [2.24, 2.45) is 0 Å². The highest BCUT2D eigenvalue weighted by molar-refractivity contribution is 5.96. The Kier molecular flexibility index (Phi) is 6.45. The topological polar surface area (TPSA) is 70.7 Å². The predicted octanol–water partition coefficient (Wildman–Crippen LogP) is 2.89. The third-order valence-electron chi connectivity index (χ3n) is 3.99. The highest BCUT2D eigenvalue weighted by Crippen LogP contribution is 2.30. The van der Waals surface area contributed by atoms with E-state index in [2.05, 4.69) is 31.6 Å². The lowest BCUT2D eigenvalue weighted by molar-refractivity contribution is -0.123. The van der Waals surface area contributed by atoms with Crippen LogP contribution in [0.2, 0.25) is 0 Å². The quantitative estimate of drug-likeness (QED) is 0.795. The van der Waals surface area contributed by atoms with Crippen LogP contribution in [0.25, 0.3) is 0 Å². The van der Waals surface area contributed by atoms with E-state index in [1.807, 2.05) is 49.3 Å². The molecule has 0 atom stereocenters. The molecule has 0 bridgehead atoms. The van der Waals surface area contributed by atoms with Crippen molar-refractivity contribution in [1.29, 1.82) is 0 Å². The van der Waals surface area contributed by atoms with Crippen LogP contribution in [0.1, 0.15) is 36.7 Å². The van der Waals surface area contributed by atoms with Crippen molar-refractivity contribution in [1.82, 2.24) is 10.9 Å². The second-order valence-corrected chi connectivity index (χ2v) is 7.48. The summed E-state index contributed by atoms with van der Waals surface area (Å²) >= 11 is 0. The highest BCUT2D eigenvalue weighted by atomic mass is 16.5. The number of rotatable bonds is 5. The monoisotopic (exact) mass is 369 g/mol. The second-order valence-electron chi connectivity index (χ2n) is 7.48.